The van der Waals surface area contributed by atoms with Crippen molar-refractivity contribution in [3.63, 3.8) is 0 Å². The molecule has 1 N–H and O–H groups in total. The van der Waals surface area contributed by atoms with E-state index in [1.807, 2.05) is 6.07 Å². The zero-order valence-electron chi connectivity index (χ0n) is 10.8. The molecule has 0 saturated heterocycles. The van der Waals surface area contributed by atoms with Crippen molar-refractivity contribution in [1.29, 1.82) is 0 Å². The molecule has 2 heteroatoms. The normalized spacial score (nSPS) is 25.3. The van der Waals surface area contributed by atoms with Crippen molar-refractivity contribution >= 4 is 0 Å². The van der Waals surface area contributed by atoms with E-state index in [0.717, 1.165) is 25.1 Å². The summed E-state index contributed by atoms with van der Waals surface area (Å²) in [4.78, 5) is 2.41. The van der Waals surface area contributed by atoms with Crippen LogP contribution in [0.15, 0.2) is 48.5 Å². The van der Waals surface area contributed by atoms with Crippen LogP contribution in [-0.2, 0) is 13.0 Å². The second-order valence-electron chi connectivity index (χ2n) is 5.51. The van der Waals surface area contributed by atoms with E-state index < -0.39 is 6.10 Å². The highest BCUT2D eigenvalue weighted by Crippen LogP contribution is 2.44. The van der Waals surface area contributed by atoms with Crippen LogP contribution < -0.4 is 0 Å². The Bertz CT molecular complexity index is 622. The van der Waals surface area contributed by atoms with Gasteiger partial charge in [0.1, 0.15) is 0 Å². The van der Waals surface area contributed by atoms with E-state index in [4.69, 9.17) is 0 Å². The van der Waals surface area contributed by atoms with E-state index in [2.05, 4.69) is 47.4 Å². The smallest absolute Gasteiger partial charge is 0.0990 e. The molecule has 2 nitrogen and oxygen atoms in total. The predicted octanol–water partition coefficient (Wildman–Crippen LogP) is 2.83. The highest BCUT2D eigenvalue weighted by molar-refractivity contribution is 5.40. The topological polar surface area (TPSA) is 23.5 Å². The summed E-state index contributed by atoms with van der Waals surface area (Å²) in [5.41, 5.74) is 5.06. The molecule has 19 heavy (non-hydrogen) atoms. The highest BCUT2D eigenvalue weighted by atomic mass is 16.3. The van der Waals surface area contributed by atoms with Gasteiger partial charge < -0.3 is 5.11 Å². The molecule has 4 rings (SSSR count). The number of aliphatic hydroxyl groups excluding tert-OH is 1. The Morgan fingerprint density at radius 1 is 0.895 bits per heavy atom. The van der Waals surface area contributed by atoms with Gasteiger partial charge in [0.05, 0.1) is 12.1 Å². The lowest BCUT2D eigenvalue weighted by molar-refractivity contribution is 0.0206. The molecule has 0 bridgehead atoms. The molecular formula is C17H17NO. The van der Waals surface area contributed by atoms with Crippen LogP contribution in [0.3, 0.4) is 0 Å². The molecule has 2 heterocycles. The second-order valence-corrected chi connectivity index (χ2v) is 5.51. The van der Waals surface area contributed by atoms with Crippen LogP contribution in [0.25, 0.3) is 0 Å². The average Bonchev–Trinajstić information content (AvgIpc) is 2.47. The lowest BCUT2D eigenvalue weighted by atomic mass is 9.82. The fraction of sp³-hybridized carbons (Fsp3) is 0.294. The Hall–Kier alpha value is -1.64. The molecule has 96 valence electrons. The van der Waals surface area contributed by atoms with Gasteiger partial charge in [0.25, 0.3) is 0 Å². The first-order valence-electron chi connectivity index (χ1n) is 6.92. The van der Waals surface area contributed by atoms with Gasteiger partial charge in [-0.25, -0.2) is 0 Å². The minimum atomic E-state index is -0.411. The number of hydrogen-bond donors (Lipinski definition) is 1. The van der Waals surface area contributed by atoms with Gasteiger partial charge >= 0.3 is 0 Å². The lowest BCUT2D eigenvalue weighted by Crippen LogP contribution is -2.41. The highest BCUT2D eigenvalue weighted by Gasteiger charge is 2.37. The molecule has 2 aliphatic heterocycles. The number of fused-ring (bicyclic) bond motifs is 4. The van der Waals surface area contributed by atoms with E-state index >= 15 is 0 Å². The molecule has 0 aliphatic carbocycles. The molecule has 2 aliphatic rings. The van der Waals surface area contributed by atoms with Gasteiger partial charge in [-0.2, -0.15) is 0 Å². The van der Waals surface area contributed by atoms with Crippen molar-refractivity contribution in [2.24, 2.45) is 0 Å². The molecule has 0 saturated carbocycles. The maximum atomic E-state index is 10.8. The standard InChI is InChI=1S/C17H17NO/c19-17-15-8-4-2-6-13(15)11-18-10-9-12-5-1-3-7-14(12)16(17)18/h1-8,16-17,19H,9-11H2. The fourth-order valence-corrected chi connectivity index (χ4v) is 3.55. The van der Waals surface area contributed by atoms with Crippen molar-refractivity contribution in [3.8, 4) is 0 Å². The maximum Gasteiger partial charge on any atom is 0.0990 e. The van der Waals surface area contributed by atoms with E-state index in [-0.39, 0.29) is 6.04 Å². The molecule has 0 radical (unpaired) electrons. The van der Waals surface area contributed by atoms with Crippen molar-refractivity contribution in [2.45, 2.75) is 25.1 Å². The Morgan fingerprint density at radius 2 is 1.58 bits per heavy atom. The monoisotopic (exact) mass is 251 g/mol. The SMILES string of the molecule is OC1c2ccccc2CN2CCc3ccccc3C12. The average molecular weight is 251 g/mol. The van der Waals surface area contributed by atoms with Gasteiger partial charge in [-0.3, -0.25) is 4.90 Å². The summed E-state index contributed by atoms with van der Waals surface area (Å²) in [7, 11) is 0. The number of hydrogen-bond acceptors (Lipinski definition) is 2. The van der Waals surface area contributed by atoms with Crippen molar-refractivity contribution < 1.29 is 5.11 Å². The minimum Gasteiger partial charge on any atom is -0.386 e. The third-order valence-corrected chi connectivity index (χ3v) is 4.48. The van der Waals surface area contributed by atoms with Crippen molar-refractivity contribution in [1.82, 2.24) is 4.90 Å². The molecule has 2 atom stereocenters. The summed E-state index contributed by atoms with van der Waals surface area (Å²) in [6.45, 7) is 1.99. The molecule has 2 unspecified atom stereocenters. The summed E-state index contributed by atoms with van der Waals surface area (Å²) in [6, 6.07) is 16.9. The summed E-state index contributed by atoms with van der Waals surface area (Å²) in [5.74, 6) is 0. The van der Waals surface area contributed by atoms with Gasteiger partial charge in [-0.1, -0.05) is 48.5 Å². The van der Waals surface area contributed by atoms with Gasteiger partial charge in [-0.05, 0) is 28.7 Å². The van der Waals surface area contributed by atoms with Gasteiger partial charge in [0.15, 0.2) is 0 Å². The van der Waals surface area contributed by atoms with Crippen LogP contribution in [0.4, 0.5) is 0 Å². The fourth-order valence-electron chi connectivity index (χ4n) is 3.55. The molecule has 0 spiro atoms. The van der Waals surface area contributed by atoms with Crippen LogP contribution in [0.2, 0.25) is 0 Å². The molecule has 0 amide bonds. The Morgan fingerprint density at radius 3 is 2.42 bits per heavy atom. The molecule has 2 aromatic rings. The zero-order chi connectivity index (χ0) is 12.8. The molecule has 2 aromatic carbocycles. The predicted molar refractivity (Wildman–Crippen MR) is 74.7 cm³/mol. The largest absolute Gasteiger partial charge is 0.386 e. The Balaban J connectivity index is 1.85. The maximum absolute atomic E-state index is 10.8. The van der Waals surface area contributed by atoms with Gasteiger partial charge in [0.2, 0.25) is 0 Å². The Kier molecular flexibility index (Phi) is 2.47. The van der Waals surface area contributed by atoms with E-state index in [1.165, 1.54) is 16.7 Å². The Labute approximate surface area is 113 Å². The van der Waals surface area contributed by atoms with Crippen molar-refractivity contribution in [2.75, 3.05) is 6.54 Å². The van der Waals surface area contributed by atoms with Crippen LogP contribution in [0, 0.1) is 0 Å². The number of nitrogens with zero attached hydrogens (tertiary/aromatic N) is 1. The molecule has 0 aromatic heterocycles. The van der Waals surface area contributed by atoms with Gasteiger partial charge in [0, 0.05) is 13.1 Å². The summed E-state index contributed by atoms with van der Waals surface area (Å²) < 4.78 is 0. The van der Waals surface area contributed by atoms with Crippen molar-refractivity contribution in [3.05, 3.63) is 70.8 Å². The molecular weight excluding hydrogens is 234 g/mol. The van der Waals surface area contributed by atoms with E-state index in [1.54, 1.807) is 0 Å². The van der Waals surface area contributed by atoms with Crippen LogP contribution in [-0.4, -0.2) is 16.6 Å². The third kappa shape index (κ3) is 1.64. The minimum absolute atomic E-state index is 0.125. The quantitative estimate of drug-likeness (QED) is 0.778. The lowest BCUT2D eigenvalue weighted by Gasteiger charge is -2.44. The first-order valence-corrected chi connectivity index (χ1v) is 6.92. The molecule has 0 fully saturated rings. The summed E-state index contributed by atoms with van der Waals surface area (Å²) >= 11 is 0. The first kappa shape index (κ1) is 11.2. The second kappa shape index (κ2) is 4.19. The van der Waals surface area contributed by atoms with Crippen LogP contribution in [0.1, 0.15) is 34.4 Å². The number of aliphatic hydroxyl groups is 1. The van der Waals surface area contributed by atoms with E-state index in [9.17, 15) is 5.11 Å². The summed E-state index contributed by atoms with van der Waals surface area (Å²) in [6.07, 6.45) is 0.674. The van der Waals surface area contributed by atoms with Gasteiger partial charge in [-0.15, -0.1) is 0 Å². The number of rotatable bonds is 0. The van der Waals surface area contributed by atoms with Crippen LogP contribution in [0.5, 0.6) is 0 Å². The first-order chi connectivity index (χ1) is 9.34. The van der Waals surface area contributed by atoms with E-state index in [0.29, 0.717) is 0 Å². The van der Waals surface area contributed by atoms with Crippen LogP contribution >= 0.6 is 0 Å². The third-order valence-electron chi connectivity index (χ3n) is 4.48. The summed E-state index contributed by atoms with van der Waals surface area (Å²) in [5, 5.41) is 10.8. The zero-order valence-corrected chi connectivity index (χ0v) is 10.8. The number of benzene rings is 2.